The largest absolute Gasteiger partial charge is 0.311 e. The SMILES string of the molecule is Cc1cc2c3c(c1)N(c1ccc4c(c1)C(C)(C)CCC4(C)C)c1c(ccc4c1C(C)(C)CCC4(C)C)B3c1c(sc3cc4c(cc13)C(C)(C)CCC4(C)C)N2c1ccc(C(C)(C)C)cc1-c1ccccc1. The molecule has 0 N–H and O–H groups in total. The lowest BCUT2D eigenvalue weighted by Gasteiger charge is -2.49. The predicted octanol–water partition coefficient (Wildman–Crippen LogP) is 17.3. The summed E-state index contributed by atoms with van der Waals surface area (Å²) in [6.45, 7) is 39.4. The zero-order valence-corrected chi connectivity index (χ0v) is 46.8. The Kier molecular flexibility index (Phi) is 9.94. The highest BCUT2D eigenvalue weighted by Crippen LogP contribution is 2.57. The molecule has 1 aromatic heterocycles. The molecule has 12 rings (SSSR count). The molecule has 3 aliphatic carbocycles. The van der Waals surface area contributed by atoms with Crippen molar-refractivity contribution in [2.24, 2.45) is 0 Å². The summed E-state index contributed by atoms with van der Waals surface area (Å²) in [6, 6.07) is 41.9. The van der Waals surface area contributed by atoms with Crippen molar-refractivity contribution in [3.8, 4) is 11.1 Å². The van der Waals surface area contributed by atoms with Crippen LogP contribution in [0.4, 0.5) is 33.4 Å². The van der Waals surface area contributed by atoms with E-state index in [2.05, 4.69) is 224 Å². The van der Waals surface area contributed by atoms with Crippen LogP contribution in [-0.4, -0.2) is 6.71 Å². The molecule has 6 aromatic carbocycles. The summed E-state index contributed by atoms with van der Waals surface area (Å²) in [5, 5.41) is 2.80. The molecule has 0 saturated heterocycles. The maximum absolute atomic E-state index is 2.80. The number of anilines is 6. The van der Waals surface area contributed by atoms with Crippen LogP contribution in [0.5, 0.6) is 0 Å². The van der Waals surface area contributed by atoms with Crippen LogP contribution in [0.1, 0.15) is 187 Å². The van der Waals surface area contributed by atoms with Gasteiger partial charge in [0.15, 0.2) is 0 Å². The van der Waals surface area contributed by atoms with E-state index in [4.69, 9.17) is 0 Å². The minimum Gasteiger partial charge on any atom is -0.311 e. The Labute approximate surface area is 431 Å². The van der Waals surface area contributed by atoms with Crippen molar-refractivity contribution in [3.05, 3.63) is 148 Å². The second-order valence-corrected chi connectivity index (χ2v) is 28.9. The van der Waals surface area contributed by atoms with E-state index in [0.29, 0.717) is 0 Å². The number of nitrogens with zero attached hydrogens (tertiary/aromatic N) is 2. The van der Waals surface area contributed by atoms with Crippen molar-refractivity contribution in [2.45, 2.75) is 187 Å². The monoisotopic (exact) mass is 953 g/mol. The zero-order valence-electron chi connectivity index (χ0n) is 45.9. The van der Waals surface area contributed by atoms with Crippen LogP contribution in [0.15, 0.2) is 103 Å². The quantitative estimate of drug-likeness (QED) is 0.163. The Bertz CT molecular complexity index is 3390. The van der Waals surface area contributed by atoms with Gasteiger partial charge in [-0.25, -0.2) is 0 Å². The minimum atomic E-state index is -0.0254. The average molecular weight is 953 g/mol. The van der Waals surface area contributed by atoms with E-state index < -0.39 is 0 Å². The summed E-state index contributed by atoms with van der Waals surface area (Å²) >= 11 is 2.04. The number of rotatable bonds is 3. The maximum Gasteiger partial charge on any atom is 0.254 e. The summed E-state index contributed by atoms with van der Waals surface area (Å²) < 4.78 is 1.41. The van der Waals surface area contributed by atoms with Crippen LogP contribution in [0.2, 0.25) is 0 Å². The van der Waals surface area contributed by atoms with Crippen LogP contribution >= 0.6 is 11.3 Å². The molecule has 3 heterocycles. The van der Waals surface area contributed by atoms with Crippen LogP contribution in [-0.2, 0) is 37.9 Å². The molecule has 0 radical (unpaired) electrons. The molecular weight excluding hydrogens is 876 g/mol. The molecule has 0 bridgehead atoms. The smallest absolute Gasteiger partial charge is 0.254 e. The molecule has 0 unspecified atom stereocenters. The molecule has 0 fully saturated rings. The van der Waals surface area contributed by atoms with Crippen LogP contribution < -0.4 is 26.2 Å². The van der Waals surface area contributed by atoms with Crippen LogP contribution in [0.3, 0.4) is 0 Å². The molecule has 2 nitrogen and oxygen atoms in total. The highest BCUT2D eigenvalue weighted by Gasteiger charge is 2.51. The van der Waals surface area contributed by atoms with Crippen molar-refractivity contribution in [3.63, 3.8) is 0 Å². The molecule has 0 atom stereocenters. The highest BCUT2D eigenvalue weighted by molar-refractivity contribution is 7.26. The average Bonchev–Trinajstić information content (AvgIpc) is 3.68. The number of benzene rings is 6. The molecule has 2 aliphatic heterocycles. The van der Waals surface area contributed by atoms with Gasteiger partial charge in [0.05, 0.1) is 10.7 Å². The van der Waals surface area contributed by atoms with E-state index in [-0.39, 0.29) is 44.6 Å². The third-order valence-corrected chi connectivity index (χ3v) is 20.2. The van der Waals surface area contributed by atoms with E-state index in [1.807, 2.05) is 11.3 Å². The fourth-order valence-electron chi connectivity index (χ4n) is 14.2. The fourth-order valence-corrected chi connectivity index (χ4v) is 15.5. The van der Waals surface area contributed by atoms with Crippen LogP contribution in [0.25, 0.3) is 21.2 Å². The first-order valence-corrected chi connectivity index (χ1v) is 27.9. The summed E-state index contributed by atoms with van der Waals surface area (Å²) in [7, 11) is 0. The van der Waals surface area contributed by atoms with Gasteiger partial charge in [-0.2, -0.15) is 0 Å². The molecule has 7 aromatic rings. The van der Waals surface area contributed by atoms with Gasteiger partial charge < -0.3 is 9.80 Å². The minimum absolute atomic E-state index is 0.0106. The lowest BCUT2D eigenvalue weighted by atomic mass is 9.33. The number of hydrogen-bond donors (Lipinski definition) is 0. The standard InChI is InChI=1S/C67H77BN2S/c1-40-34-53-58-54(35-40)70(52-27-22-42(61(2,3)4)36-44(52)41-20-18-17-19-21-41)60-57(45-38-49-50(39-55(45)71-60)66(13,14)31-30-65(49,11)12)68(58)51-26-25-47-56(67(15,16)33-32-63(47,7)8)59(51)69(53)43-23-24-46-48(37-43)64(9,10)29-28-62(46,5)6/h17-27,34-39H,28-33H2,1-16H3. The van der Waals surface area contributed by atoms with Gasteiger partial charge in [0.25, 0.3) is 6.71 Å². The van der Waals surface area contributed by atoms with Crippen molar-refractivity contribution in [1.82, 2.24) is 0 Å². The van der Waals surface area contributed by atoms with Gasteiger partial charge in [-0.05, 0) is 204 Å². The van der Waals surface area contributed by atoms with E-state index >= 15 is 0 Å². The van der Waals surface area contributed by atoms with E-state index in [1.54, 1.807) is 5.56 Å². The third-order valence-electron chi connectivity index (χ3n) is 19.0. The number of thiophene rings is 1. The molecule has 0 amide bonds. The van der Waals surface area contributed by atoms with Gasteiger partial charge in [0.1, 0.15) is 0 Å². The summed E-state index contributed by atoms with van der Waals surface area (Å²) in [5.74, 6) is 0. The van der Waals surface area contributed by atoms with Crippen molar-refractivity contribution < 1.29 is 0 Å². The molecule has 0 spiro atoms. The molecule has 0 saturated carbocycles. The van der Waals surface area contributed by atoms with Crippen LogP contribution in [0, 0.1) is 6.92 Å². The second kappa shape index (κ2) is 15.0. The molecule has 364 valence electrons. The van der Waals surface area contributed by atoms with Crippen molar-refractivity contribution in [1.29, 1.82) is 0 Å². The van der Waals surface area contributed by atoms with Gasteiger partial charge in [-0.1, -0.05) is 158 Å². The van der Waals surface area contributed by atoms with Gasteiger partial charge in [0, 0.05) is 33.0 Å². The molecule has 71 heavy (non-hydrogen) atoms. The Morgan fingerprint density at radius 1 is 0.493 bits per heavy atom. The number of fused-ring (bicyclic) bond motifs is 10. The first-order chi connectivity index (χ1) is 33.2. The van der Waals surface area contributed by atoms with Crippen molar-refractivity contribution in [2.75, 3.05) is 9.80 Å². The lowest BCUT2D eigenvalue weighted by molar-refractivity contribution is 0.331. The van der Waals surface area contributed by atoms with Crippen molar-refractivity contribution >= 4 is 78.0 Å². The normalized spacial score (nSPS) is 20.4. The fraction of sp³-hybridized carbons (Fsp3) is 0.433. The molecule has 5 aliphatic rings. The van der Waals surface area contributed by atoms with Gasteiger partial charge >= 0.3 is 0 Å². The van der Waals surface area contributed by atoms with E-state index in [9.17, 15) is 0 Å². The Balaban J connectivity index is 1.25. The van der Waals surface area contributed by atoms with E-state index in [0.717, 1.165) is 6.42 Å². The van der Waals surface area contributed by atoms with Gasteiger partial charge in [0.2, 0.25) is 0 Å². The number of aryl methyl sites for hydroxylation is 1. The van der Waals surface area contributed by atoms with Gasteiger partial charge in [-0.3, -0.25) is 0 Å². The van der Waals surface area contributed by atoms with Gasteiger partial charge in [-0.15, -0.1) is 11.3 Å². The first kappa shape index (κ1) is 47.0. The number of hydrogen-bond acceptors (Lipinski definition) is 3. The van der Waals surface area contributed by atoms with E-state index in [1.165, 1.54) is 142 Å². The Morgan fingerprint density at radius 2 is 1.04 bits per heavy atom. The zero-order chi connectivity index (χ0) is 50.3. The third kappa shape index (κ3) is 6.91. The molecule has 4 heteroatoms. The Morgan fingerprint density at radius 3 is 1.68 bits per heavy atom. The summed E-state index contributed by atoms with van der Waals surface area (Å²) in [6.07, 6.45) is 7.12. The maximum atomic E-state index is 2.80. The lowest BCUT2D eigenvalue weighted by Crippen LogP contribution is -2.62. The Hall–Kier alpha value is -5.06. The molecular formula is C67H77BN2S. The topological polar surface area (TPSA) is 6.48 Å². The second-order valence-electron chi connectivity index (χ2n) is 27.8. The summed E-state index contributed by atoms with van der Waals surface area (Å²) in [4.78, 5) is 5.53. The highest BCUT2D eigenvalue weighted by atomic mass is 32.1. The first-order valence-electron chi connectivity index (χ1n) is 27.1. The predicted molar refractivity (Wildman–Crippen MR) is 311 cm³/mol. The summed E-state index contributed by atoms with van der Waals surface area (Å²) in [5.41, 5.74) is 25.7.